The number of aromatic nitrogens is 5. The molecule has 1 N–H and O–H groups in total. The van der Waals surface area contributed by atoms with Gasteiger partial charge in [-0.25, -0.2) is 0 Å². The summed E-state index contributed by atoms with van der Waals surface area (Å²) in [4.78, 5) is 12.5. The van der Waals surface area contributed by atoms with Crippen molar-refractivity contribution in [3.8, 4) is 5.75 Å². The Morgan fingerprint density at radius 3 is 2.86 bits per heavy atom. The quantitative estimate of drug-likeness (QED) is 0.708. The first-order chi connectivity index (χ1) is 13.7. The third kappa shape index (κ3) is 4.05. The fourth-order valence-corrected chi connectivity index (χ4v) is 3.42. The van der Waals surface area contributed by atoms with Crippen LogP contribution in [0.4, 0.5) is 0 Å². The van der Waals surface area contributed by atoms with Crippen molar-refractivity contribution in [3.63, 3.8) is 0 Å². The summed E-state index contributed by atoms with van der Waals surface area (Å²) >= 11 is 0. The van der Waals surface area contributed by atoms with Crippen molar-refractivity contribution in [1.82, 2.24) is 29.9 Å². The highest BCUT2D eigenvalue weighted by Crippen LogP contribution is 2.15. The second-order valence-corrected chi connectivity index (χ2v) is 6.95. The predicted octanol–water partition coefficient (Wildman–Crippen LogP) is 2.19. The maximum absolute atomic E-state index is 12.5. The Kier molecular flexibility index (Phi) is 5.36. The third-order valence-electron chi connectivity index (χ3n) is 4.99. The van der Waals surface area contributed by atoms with E-state index in [4.69, 9.17) is 4.74 Å². The van der Waals surface area contributed by atoms with Gasteiger partial charge in [0.05, 0.1) is 32.0 Å². The van der Waals surface area contributed by atoms with Crippen LogP contribution in [0.15, 0.2) is 36.7 Å². The van der Waals surface area contributed by atoms with Crippen molar-refractivity contribution in [3.05, 3.63) is 59.4 Å². The molecule has 0 radical (unpaired) electrons. The smallest absolute Gasteiger partial charge is 0.254 e. The fraction of sp³-hybridized carbons (Fsp3) is 0.400. The lowest BCUT2D eigenvalue weighted by molar-refractivity contribution is 0.0949. The van der Waals surface area contributed by atoms with Gasteiger partial charge in [-0.05, 0) is 30.5 Å². The molecule has 0 unspecified atom stereocenters. The van der Waals surface area contributed by atoms with E-state index >= 15 is 0 Å². The van der Waals surface area contributed by atoms with E-state index in [1.54, 1.807) is 24.2 Å². The Morgan fingerprint density at radius 2 is 2.04 bits per heavy atom. The number of amides is 1. The molecule has 0 fully saturated rings. The molecule has 146 valence electrons. The van der Waals surface area contributed by atoms with Crippen LogP contribution in [0.25, 0.3) is 0 Å². The Labute approximate surface area is 163 Å². The van der Waals surface area contributed by atoms with Gasteiger partial charge in [0.15, 0.2) is 5.82 Å². The Balaban J connectivity index is 1.36. The third-order valence-corrected chi connectivity index (χ3v) is 4.99. The highest BCUT2D eigenvalue weighted by atomic mass is 16.5. The Bertz CT molecular complexity index is 944. The summed E-state index contributed by atoms with van der Waals surface area (Å²) in [6.45, 7) is 1.89. The largest absolute Gasteiger partial charge is 0.497 e. The van der Waals surface area contributed by atoms with Crippen LogP contribution in [0, 0.1) is 0 Å². The second-order valence-electron chi connectivity index (χ2n) is 6.95. The van der Waals surface area contributed by atoms with E-state index in [-0.39, 0.29) is 5.91 Å². The van der Waals surface area contributed by atoms with E-state index in [0.29, 0.717) is 18.7 Å². The molecule has 3 heterocycles. The number of rotatable bonds is 6. The molecule has 0 saturated heterocycles. The van der Waals surface area contributed by atoms with Gasteiger partial charge in [-0.2, -0.15) is 5.10 Å². The summed E-state index contributed by atoms with van der Waals surface area (Å²) in [5.74, 6) is 2.49. The van der Waals surface area contributed by atoms with Gasteiger partial charge >= 0.3 is 0 Å². The lowest BCUT2D eigenvalue weighted by atomic mass is 10.2. The predicted molar refractivity (Wildman–Crippen MR) is 103 cm³/mol. The minimum atomic E-state index is -0.160. The van der Waals surface area contributed by atoms with Crippen molar-refractivity contribution in [2.24, 2.45) is 0 Å². The molecule has 4 rings (SSSR count). The maximum atomic E-state index is 12.5. The zero-order valence-electron chi connectivity index (χ0n) is 16.0. The van der Waals surface area contributed by atoms with Crippen LogP contribution >= 0.6 is 0 Å². The molecular weight excluding hydrogens is 356 g/mol. The molecule has 0 atom stereocenters. The highest BCUT2D eigenvalue weighted by Gasteiger charge is 2.16. The number of nitrogens with one attached hydrogen (secondary N) is 1. The van der Waals surface area contributed by atoms with Crippen LogP contribution in [-0.4, -0.2) is 37.6 Å². The van der Waals surface area contributed by atoms with Crippen molar-refractivity contribution < 1.29 is 9.53 Å². The van der Waals surface area contributed by atoms with E-state index in [0.717, 1.165) is 48.8 Å². The highest BCUT2D eigenvalue weighted by molar-refractivity contribution is 5.93. The van der Waals surface area contributed by atoms with E-state index < -0.39 is 0 Å². The first-order valence-corrected chi connectivity index (χ1v) is 9.57. The van der Waals surface area contributed by atoms with Crippen molar-refractivity contribution in [2.75, 3.05) is 7.11 Å². The molecule has 1 amide bonds. The first-order valence-electron chi connectivity index (χ1n) is 9.57. The van der Waals surface area contributed by atoms with E-state index in [1.165, 1.54) is 6.42 Å². The van der Waals surface area contributed by atoms with Crippen LogP contribution in [0.3, 0.4) is 0 Å². The van der Waals surface area contributed by atoms with Crippen LogP contribution in [0.2, 0.25) is 0 Å². The van der Waals surface area contributed by atoms with Crippen LogP contribution in [-0.2, 0) is 26.1 Å². The zero-order valence-corrected chi connectivity index (χ0v) is 16.0. The molecule has 0 saturated carbocycles. The van der Waals surface area contributed by atoms with Gasteiger partial charge in [0, 0.05) is 19.2 Å². The summed E-state index contributed by atoms with van der Waals surface area (Å²) < 4.78 is 9.06. The molecule has 0 spiro atoms. The number of methoxy groups -OCH3 is 1. The van der Waals surface area contributed by atoms with E-state index in [2.05, 4.69) is 25.2 Å². The molecule has 1 aliphatic rings. The summed E-state index contributed by atoms with van der Waals surface area (Å²) in [5.41, 5.74) is 1.62. The lowest BCUT2D eigenvalue weighted by Crippen LogP contribution is -2.24. The summed E-state index contributed by atoms with van der Waals surface area (Å²) in [6, 6.07) is 7.79. The zero-order chi connectivity index (χ0) is 19.3. The standard InChI is InChI=1S/C20H24N6O2/c1-28-17-8-6-15(7-9-17)13-25-14-16(11-22-25)20(27)21-12-19-24-23-18-5-3-2-4-10-26(18)19/h6-9,11,14H,2-5,10,12-13H2,1H3,(H,21,27). The molecule has 8 nitrogen and oxygen atoms in total. The summed E-state index contributed by atoms with van der Waals surface area (Å²) in [7, 11) is 1.64. The van der Waals surface area contributed by atoms with Gasteiger partial charge in [0.1, 0.15) is 11.6 Å². The summed E-state index contributed by atoms with van der Waals surface area (Å²) in [6.07, 6.45) is 7.79. The normalized spacial score (nSPS) is 13.6. The SMILES string of the molecule is COc1ccc(Cn2cc(C(=O)NCc3nnc4n3CCCCC4)cn2)cc1. The minimum Gasteiger partial charge on any atom is -0.497 e. The first kappa shape index (κ1) is 18.2. The van der Waals surface area contributed by atoms with Crippen LogP contribution < -0.4 is 10.1 Å². The molecule has 28 heavy (non-hydrogen) atoms. The molecule has 2 aromatic heterocycles. The van der Waals surface area contributed by atoms with Crippen molar-refractivity contribution >= 4 is 5.91 Å². The lowest BCUT2D eigenvalue weighted by Gasteiger charge is -2.07. The van der Waals surface area contributed by atoms with Gasteiger partial charge in [-0.3, -0.25) is 9.48 Å². The van der Waals surface area contributed by atoms with Crippen LogP contribution in [0.5, 0.6) is 5.75 Å². The molecule has 3 aromatic rings. The number of carbonyl (C=O) groups is 1. The minimum absolute atomic E-state index is 0.160. The van der Waals surface area contributed by atoms with Gasteiger partial charge in [0.25, 0.3) is 5.91 Å². The average Bonchev–Trinajstić information content (AvgIpc) is 3.27. The number of ether oxygens (including phenoxy) is 1. The van der Waals surface area contributed by atoms with Gasteiger partial charge in [-0.15, -0.1) is 10.2 Å². The maximum Gasteiger partial charge on any atom is 0.254 e. The number of carbonyl (C=O) groups excluding carboxylic acids is 1. The number of nitrogens with zero attached hydrogens (tertiary/aromatic N) is 5. The van der Waals surface area contributed by atoms with E-state index in [9.17, 15) is 4.79 Å². The Morgan fingerprint density at radius 1 is 1.18 bits per heavy atom. The molecule has 1 aliphatic heterocycles. The number of aryl methyl sites for hydroxylation is 1. The topological polar surface area (TPSA) is 86.9 Å². The number of hydrogen-bond acceptors (Lipinski definition) is 5. The molecule has 8 heteroatoms. The molecule has 1 aromatic carbocycles. The molecular formula is C20H24N6O2. The number of hydrogen-bond donors (Lipinski definition) is 1. The van der Waals surface area contributed by atoms with Crippen LogP contribution in [0.1, 0.15) is 46.8 Å². The van der Waals surface area contributed by atoms with Gasteiger partial charge in [-0.1, -0.05) is 18.6 Å². The fourth-order valence-electron chi connectivity index (χ4n) is 3.42. The van der Waals surface area contributed by atoms with E-state index in [1.807, 2.05) is 24.3 Å². The van der Waals surface area contributed by atoms with Crippen molar-refractivity contribution in [2.45, 2.75) is 45.3 Å². The van der Waals surface area contributed by atoms with Crippen molar-refractivity contribution in [1.29, 1.82) is 0 Å². The molecule has 0 bridgehead atoms. The second kappa shape index (κ2) is 8.24. The summed E-state index contributed by atoms with van der Waals surface area (Å²) in [5, 5.41) is 15.7. The molecule has 0 aliphatic carbocycles. The number of fused-ring (bicyclic) bond motifs is 1. The monoisotopic (exact) mass is 380 g/mol. The van der Waals surface area contributed by atoms with Gasteiger partial charge in [0.2, 0.25) is 0 Å². The number of benzene rings is 1. The van der Waals surface area contributed by atoms with Gasteiger partial charge < -0.3 is 14.6 Å². The Hall–Kier alpha value is -3.16. The average molecular weight is 380 g/mol.